The van der Waals surface area contributed by atoms with Crippen molar-refractivity contribution in [2.75, 3.05) is 23.8 Å². The van der Waals surface area contributed by atoms with E-state index in [1.54, 1.807) is 11.8 Å². The average molecular weight is 388 g/mol. The second-order valence-electron chi connectivity index (χ2n) is 3.93. The van der Waals surface area contributed by atoms with E-state index in [0.29, 0.717) is 11.8 Å². The molecule has 1 saturated heterocycles. The topological polar surface area (TPSA) is 79.5 Å². The van der Waals surface area contributed by atoms with Crippen molar-refractivity contribution < 1.29 is 17.9 Å². The molecular weight excluding hydrogens is 374 g/mol. The summed E-state index contributed by atoms with van der Waals surface area (Å²) in [6, 6.07) is 1.33. The predicted molar refractivity (Wildman–Crippen MR) is 81.1 cm³/mol. The van der Waals surface area contributed by atoms with E-state index in [4.69, 9.17) is 9.52 Å². The highest BCUT2D eigenvalue weighted by Gasteiger charge is 2.24. The first-order valence-corrected chi connectivity index (χ1v) is 10.1. The molecule has 5 nitrogen and oxygen atoms in total. The van der Waals surface area contributed by atoms with Gasteiger partial charge in [0, 0.05) is 35.1 Å². The molecule has 1 aromatic heterocycles. The Morgan fingerprint density at radius 2 is 2.32 bits per heavy atom. The molecule has 2 rings (SSSR count). The minimum atomic E-state index is -3.60. The Bertz CT molecular complexity index is 525. The molecule has 0 saturated carbocycles. The number of aliphatic hydroxyl groups is 1. The van der Waals surface area contributed by atoms with Gasteiger partial charge in [0.2, 0.25) is 10.0 Å². The lowest BCUT2D eigenvalue weighted by Crippen LogP contribution is -2.33. The van der Waals surface area contributed by atoms with Crippen LogP contribution >= 0.6 is 39.5 Å². The lowest BCUT2D eigenvalue weighted by atomic mass is 10.5. The summed E-state index contributed by atoms with van der Waals surface area (Å²) in [5, 5.41) is 9.24. The Morgan fingerprint density at radius 1 is 1.53 bits per heavy atom. The molecule has 1 aromatic rings. The van der Waals surface area contributed by atoms with E-state index in [-0.39, 0.29) is 21.9 Å². The normalized spacial score (nSPS) is 20.6. The molecule has 2 heterocycles. The van der Waals surface area contributed by atoms with E-state index >= 15 is 0 Å². The lowest BCUT2D eigenvalue weighted by molar-refractivity contribution is 0.245. The Hall–Kier alpha value is 0.330. The number of rotatable bonds is 5. The van der Waals surface area contributed by atoms with Crippen molar-refractivity contribution in [3.63, 3.8) is 0 Å². The SMILES string of the molecule is O=S(=O)(NCC1CSCCS1)c1cc(CO)oc1Br. The van der Waals surface area contributed by atoms with Crippen LogP contribution in [-0.4, -0.2) is 42.6 Å². The van der Waals surface area contributed by atoms with Crippen molar-refractivity contribution in [1.82, 2.24) is 4.72 Å². The summed E-state index contributed by atoms with van der Waals surface area (Å²) in [7, 11) is -3.60. The van der Waals surface area contributed by atoms with Crippen molar-refractivity contribution in [2.24, 2.45) is 0 Å². The van der Waals surface area contributed by atoms with Crippen molar-refractivity contribution in [3.8, 4) is 0 Å². The molecule has 19 heavy (non-hydrogen) atoms. The minimum Gasteiger partial charge on any atom is -0.450 e. The average Bonchev–Trinajstić information content (AvgIpc) is 2.80. The zero-order valence-corrected chi connectivity index (χ0v) is 14.0. The van der Waals surface area contributed by atoms with Gasteiger partial charge in [-0.05, 0) is 15.9 Å². The lowest BCUT2D eigenvalue weighted by Gasteiger charge is -2.20. The van der Waals surface area contributed by atoms with Gasteiger partial charge in [0.05, 0.1) is 0 Å². The number of halogens is 1. The summed E-state index contributed by atoms with van der Waals surface area (Å²) < 4.78 is 32.0. The monoisotopic (exact) mass is 387 g/mol. The fraction of sp³-hybridized carbons (Fsp3) is 0.600. The van der Waals surface area contributed by atoms with Crippen LogP contribution in [0, 0.1) is 0 Å². The standard InChI is InChI=1S/C10H14BrNO4S3/c11-10-9(3-7(5-13)16-10)19(14,15)12-4-8-6-17-1-2-18-8/h3,8,12-13H,1-2,4-6H2. The van der Waals surface area contributed by atoms with Crippen molar-refractivity contribution in [2.45, 2.75) is 16.8 Å². The van der Waals surface area contributed by atoms with E-state index in [2.05, 4.69) is 20.7 Å². The highest BCUT2D eigenvalue weighted by molar-refractivity contribution is 9.10. The summed E-state index contributed by atoms with van der Waals surface area (Å²) in [4.78, 5) is 0.0324. The Balaban J connectivity index is 2.02. The first-order chi connectivity index (χ1) is 9.03. The van der Waals surface area contributed by atoms with Crippen LogP contribution in [0.3, 0.4) is 0 Å². The van der Waals surface area contributed by atoms with Gasteiger partial charge in [0.15, 0.2) is 4.67 Å². The van der Waals surface area contributed by atoms with E-state index in [1.807, 2.05) is 11.8 Å². The fourth-order valence-electron chi connectivity index (χ4n) is 1.59. The van der Waals surface area contributed by atoms with E-state index in [1.165, 1.54) is 6.07 Å². The molecular formula is C10H14BrNO4S3. The van der Waals surface area contributed by atoms with Gasteiger partial charge in [-0.25, -0.2) is 13.1 Å². The van der Waals surface area contributed by atoms with E-state index in [0.717, 1.165) is 17.3 Å². The van der Waals surface area contributed by atoms with Crippen LogP contribution in [0.1, 0.15) is 5.76 Å². The van der Waals surface area contributed by atoms with Gasteiger partial charge in [-0.2, -0.15) is 23.5 Å². The molecule has 0 bridgehead atoms. The zero-order chi connectivity index (χ0) is 13.9. The third kappa shape index (κ3) is 4.15. The Morgan fingerprint density at radius 3 is 2.89 bits per heavy atom. The van der Waals surface area contributed by atoms with Gasteiger partial charge >= 0.3 is 0 Å². The fourth-order valence-corrected chi connectivity index (χ4v) is 6.39. The van der Waals surface area contributed by atoms with Gasteiger partial charge in [-0.15, -0.1) is 0 Å². The van der Waals surface area contributed by atoms with Crippen LogP contribution in [0.15, 0.2) is 20.0 Å². The highest BCUT2D eigenvalue weighted by atomic mass is 79.9. The predicted octanol–water partition coefficient (Wildman–Crippen LogP) is 1.66. The van der Waals surface area contributed by atoms with Gasteiger partial charge in [0.1, 0.15) is 17.3 Å². The van der Waals surface area contributed by atoms with Crippen molar-refractivity contribution in [1.29, 1.82) is 0 Å². The van der Waals surface area contributed by atoms with Crippen LogP contribution in [0.5, 0.6) is 0 Å². The minimum absolute atomic E-state index is 0.0324. The Labute approximate surface area is 129 Å². The van der Waals surface area contributed by atoms with E-state index < -0.39 is 10.0 Å². The van der Waals surface area contributed by atoms with Crippen LogP contribution < -0.4 is 4.72 Å². The second-order valence-corrected chi connectivity index (χ2v) is 8.94. The number of aliphatic hydroxyl groups excluding tert-OH is 1. The highest BCUT2D eigenvalue weighted by Crippen LogP contribution is 2.27. The molecule has 0 radical (unpaired) electrons. The molecule has 0 spiro atoms. The molecule has 108 valence electrons. The van der Waals surface area contributed by atoms with Crippen LogP contribution in [0.2, 0.25) is 0 Å². The third-order valence-corrected chi connectivity index (χ3v) is 7.66. The smallest absolute Gasteiger partial charge is 0.245 e. The molecule has 0 amide bonds. The molecule has 2 N–H and O–H groups in total. The number of hydrogen-bond acceptors (Lipinski definition) is 6. The molecule has 0 aromatic carbocycles. The molecule has 0 aliphatic carbocycles. The number of furan rings is 1. The Kier molecular flexibility index (Phi) is 5.67. The van der Waals surface area contributed by atoms with Gasteiger partial charge in [-0.3, -0.25) is 0 Å². The van der Waals surface area contributed by atoms with Gasteiger partial charge < -0.3 is 9.52 Å². The summed E-state index contributed by atoms with van der Waals surface area (Å²) >= 11 is 6.69. The van der Waals surface area contributed by atoms with Crippen molar-refractivity contribution >= 4 is 49.5 Å². The zero-order valence-electron chi connectivity index (χ0n) is 9.96. The molecule has 1 fully saturated rings. The van der Waals surface area contributed by atoms with E-state index in [9.17, 15) is 8.42 Å². The summed E-state index contributed by atoms with van der Waals surface area (Å²) in [6.07, 6.45) is 0. The quantitative estimate of drug-likeness (QED) is 0.799. The number of hydrogen-bond donors (Lipinski definition) is 2. The van der Waals surface area contributed by atoms with Gasteiger partial charge in [0.25, 0.3) is 0 Å². The van der Waals surface area contributed by atoms with Crippen molar-refractivity contribution in [3.05, 3.63) is 16.5 Å². The number of nitrogens with one attached hydrogen (secondary N) is 1. The van der Waals surface area contributed by atoms with Crippen LogP contribution in [0.25, 0.3) is 0 Å². The molecule has 1 atom stereocenters. The molecule has 1 aliphatic rings. The second kappa shape index (κ2) is 6.86. The molecule has 1 unspecified atom stereocenters. The summed E-state index contributed by atoms with van der Waals surface area (Å²) in [6.45, 7) is 0.0787. The summed E-state index contributed by atoms with van der Waals surface area (Å²) in [5.74, 6) is 3.36. The maximum atomic E-state index is 12.1. The third-order valence-electron chi connectivity index (χ3n) is 2.54. The number of thioether (sulfide) groups is 2. The first kappa shape index (κ1) is 15.7. The maximum Gasteiger partial charge on any atom is 0.245 e. The molecule has 1 aliphatic heterocycles. The van der Waals surface area contributed by atoms with Gasteiger partial charge in [-0.1, -0.05) is 0 Å². The first-order valence-electron chi connectivity index (χ1n) is 5.61. The van der Waals surface area contributed by atoms with Crippen LogP contribution in [-0.2, 0) is 16.6 Å². The largest absolute Gasteiger partial charge is 0.450 e. The summed E-state index contributed by atoms with van der Waals surface area (Å²) in [5.41, 5.74) is 0. The molecule has 9 heteroatoms. The number of sulfonamides is 1. The maximum absolute atomic E-state index is 12.1. The van der Waals surface area contributed by atoms with Crippen LogP contribution in [0.4, 0.5) is 0 Å².